The SMILES string of the molecule is C=[C-]C=N.[CH2-]C[C@@H](CCO)c1[c-]c([C@@H]2C=C(C)CCC2)c(O)cc1O.[Zn]. The van der Waals surface area contributed by atoms with Crippen molar-refractivity contribution in [3.8, 4) is 11.5 Å². The van der Waals surface area contributed by atoms with Crippen LogP contribution in [0.15, 0.2) is 24.3 Å². The first kappa shape index (κ1) is 24.6. The summed E-state index contributed by atoms with van der Waals surface area (Å²) in [6.45, 7) is 9.15. The fourth-order valence-electron chi connectivity index (χ4n) is 3.08. The van der Waals surface area contributed by atoms with Crippen molar-refractivity contribution >= 4 is 6.21 Å². The number of allylic oxidation sites excluding steroid dienone is 3. The van der Waals surface area contributed by atoms with Crippen molar-refractivity contribution in [3.63, 3.8) is 0 Å². The number of benzene rings is 1. The minimum atomic E-state index is -0.0389. The van der Waals surface area contributed by atoms with E-state index < -0.39 is 0 Å². The van der Waals surface area contributed by atoms with Gasteiger partial charge in [-0.25, -0.2) is 0 Å². The number of aliphatic hydroxyl groups excluding tert-OH is 1. The molecule has 1 aromatic rings. The summed E-state index contributed by atoms with van der Waals surface area (Å²) in [4.78, 5) is 0. The molecule has 0 saturated carbocycles. The maximum Gasteiger partial charge on any atom is 0.0435 e. The molecule has 0 bridgehead atoms. The molecule has 1 aliphatic rings. The Morgan fingerprint density at radius 3 is 2.62 bits per heavy atom. The van der Waals surface area contributed by atoms with E-state index >= 15 is 0 Å². The molecule has 0 heterocycles. The molecule has 1 aromatic carbocycles. The topological polar surface area (TPSA) is 84.5 Å². The van der Waals surface area contributed by atoms with E-state index in [2.05, 4.69) is 38.6 Å². The van der Waals surface area contributed by atoms with E-state index in [1.165, 1.54) is 11.6 Å². The van der Waals surface area contributed by atoms with Crippen molar-refractivity contribution in [2.24, 2.45) is 0 Å². The first-order chi connectivity index (χ1) is 12.0. The summed E-state index contributed by atoms with van der Waals surface area (Å²) in [7, 11) is 0. The van der Waals surface area contributed by atoms with Crippen LogP contribution in [0.3, 0.4) is 0 Å². The molecule has 26 heavy (non-hydrogen) atoms. The molecule has 1 aliphatic carbocycles. The molecule has 4 nitrogen and oxygen atoms in total. The van der Waals surface area contributed by atoms with Gasteiger partial charge in [0.1, 0.15) is 0 Å². The van der Waals surface area contributed by atoms with Gasteiger partial charge in [-0.15, -0.1) is 11.1 Å². The molecule has 4 N–H and O–H groups in total. The van der Waals surface area contributed by atoms with Crippen molar-refractivity contribution in [1.82, 2.24) is 0 Å². The predicted octanol–water partition coefficient (Wildman–Crippen LogP) is 4.42. The Morgan fingerprint density at radius 1 is 1.46 bits per heavy atom. The fraction of sp³-hybridized carbons (Fsp3) is 0.429. The summed E-state index contributed by atoms with van der Waals surface area (Å²) in [6, 6.07) is 4.61. The van der Waals surface area contributed by atoms with Crippen LogP contribution in [0.2, 0.25) is 0 Å². The van der Waals surface area contributed by atoms with Gasteiger partial charge in [-0.2, -0.15) is 18.7 Å². The zero-order valence-electron chi connectivity index (χ0n) is 15.6. The van der Waals surface area contributed by atoms with Gasteiger partial charge in [0.15, 0.2) is 0 Å². The molecule has 0 radical (unpaired) electrons. The van der Waals surface area contributed by atoms with Crippen LogP contribution in [-0.4, -0.2) is 28.1 Å². The first-order valence-corrected chi connectivity index (χ1v) is 8.55. The second-order valence-corrected chi connectivity index (χ2v) is 6.23. The molecular weight excluding hydrogens is 380 g/mol. The minimum absolute atomic E-state index is 0. The maximum atomic E-state index is 10.2. The predicted molar refractivity (Wildman–Crippen MR) is 101 cm³/mol. The largest absolute Gasteiger partial charge is 0.565 e. The van der Waals surface area contributed by atoms with Gasteiger partial charge in [-0.05, 0) is 38.5 Å². The second kappa shape index (κ2) is 12.8. The van der Waals surface area contributed by atoms with Crippen LogP contribution in [0.25, 0.3) is 0 Å². The second-order valence-electron chi connectivity index (χ2n) is 6.23. The van der Waals surface area contributed by atoms with Gasteiger partial charge in [-0.3, -0.25) is 6.58 Å². The van der Waals surface area contributed by atoms with Crippen LogP contribution < -0.4 is 0 Å². The molecule has 0 aromatic heterocycles. The number of aromatic hydroxyl groups is 2. The van der Waals surface area contributed by atoms with Crippen LogP contribution in [-0.2, 0) is 19.5 Å². The van der Waals surface area contributed by atoms with E-state index in [0.29, 0.717) is 18.4 Å². The number of phenols is 2. The molecule has 0 spiro atoms. The number of hydrogen-bond donors (Lipinski definition) is 4. The molecule has 2 rings (SSSR count). The van der Waals surface area contributed by atoms with Gasteiger partial charge in [0.2, 0.25) is 0 Å². The third-order valence-electron chi connectivity index (χ3n) is 4.37. The average molecular weight is 408 g/mol. The van der Waals surface area contributed by atoms with Crippen molar-refractivity contribution in [2.75, 3.05) is 6.61 Å². The third kappa shape index (κ3) is 7.05. The fourth-order valence-corrected chi connectivity index (χ4v) is 3.08. The Kier molecular flexibility index (Phi) is 12.1. The molecule has 2 atom stereocenters. The minimum Gasteiger partial charge on any atom is -0.565 e. The van der Waals surface area contributed by atoms with Crippen molar-refractivity contribution in [2.45, 2.75) is 50.9 Å². The number of phenolic OH excluding ortho intramolecular Hbond substituents is 2. The van der Waals surface area contributed by atoms with Crippen molar-refractivity contribution < 1.29 is 34.8 Å². The van der Waals surface area contributed by atoms with Gasteiger partial charge >= 0.3 is 0 Å². The van der Waals surface area contributed by atoms with E-state index in [4.69, 9.17) is 10.5 Å². The van der Waals surface area contributed by atoms with Gasteiger partial charge in [0.25, 0.3) is 0 Å². The quantitative estimate of drug-likeness (QED) is 0.244. The summed E-state index contributed by atoms with van der Waals surface area (Å²) in [6.07, 6.45) is 9.73. The number of aliphatic hydroxyl groups is 1. The molecule has 5 heteroatoms. The Hall–Kier alpha value is -1.45. The summed E-state index contributed by atoms with van der Waals surface area (Å²) < 4.78 is 0. The normalized spacial score (nSPS) is 17.0. The number of nitrogens with one attached hydrogen (secondary N) is 1. The molecule has 140 valence electrons. The van der Waals surface area contributed by atoms with E-state index in [1.807, 2.05) is 0 Å². The Balaban J connectivity index is 0.00000113. The monoisotopic (exact) mass is 406 g/mol. The summed E-state index contributed by atoms with van der Waals surface area (Å²) in [5.74, 6) is 0.245. The Bertz CT molecular complexity index is 608. The Labute approximate surface area is 169 Å². The summed E-state index contributed by atoms with van der Waals surface area (Å²) in [5, 5.41) is 35.5. The van der Waals surface area contributed by atoms with Crippen LogP contribution in [0.5, 0.6) is 11.5 Å². The van der Waals surface area contributed by atoms with E-state index in [-0.39, 0.29) is 49.4 Å². The van der Waals surface area contributed by atoms with Gasteiger partial charge < -0.3 is 33.7 Å². The molecule has 0 aliphatic heterocycles. The van der Waals surface area contributed by atoms with E-state index in [9.17, 15) is 10.2 Å². The van der Waals surface area contributed by atoms with E-state index in [0.717, 1.165) is 31.0 Å². The van der Waals surface area contributed by atoms with Gasteiger partial charge in [0, 0.05) is 37.6 Å². The molecular formula is C21H28NO3Zn-3. The van der Waals surface area contributed by atoms with Crippen LogP contribution in [0.1, 0.15) is 62.0 Å². The molecule has 0 fully saturated rings. The smallest absolute Gasteiger partial charge is 0.0435 e. The average Bonchev–Trinajstić information content (AvgIpc) is 2.60. The molecule has 0 saturated heterocycles. The zero-order chi connectivity index (χ0) is 18.8. The van der Waals surface area contributed by atoms with Crippen molar-refractivity contribution in [1.29, 1.82) is 5.41 Å². The zero-order valence-corrected chi connectivity index (χ0v) is 18.6. The standard InChI is InChI=1S/C18H24O3.C3H4N.Zn/c1-3-13(7-8-19)15-10-16(18(21)11-17(15)20)14-6-4-5-12(2)9-14;1-2-3-4;/h9,11,13-14,19-21H,1,3-8H2,2H3;3-4H,1H2;/q-2;-1;/t13-,14-;;/m0../s1. The van der Waals surface area contributed by atoms with Gasteiger partial charge in [-0.1, -0.05) is 23.6 Å². The molecule has 0 unspecified atom stereocenters. The summed E-state index contributed by atoms with van der Waals surface area (Å²) >= 11 is 0. The summed E-state index contributed by atoms with van der Waals surface area (Å²) in [5.41, 5.74) is 2.74. The van der Waals surface area contributed by atoms with E-state index in [1.54, 1.807) is 0 Å². The number of rotatable bonds is 6. The van der Waals surface area contributed by atoms with Crippen LogP contribution in [0.4, 0.5) is 0 Å². The number of hydrogen-bond acceptors (Lipinski definition) is 4. The van der Waals surface area contributed by atoms with Crippen LogP contribution in [0, 0.1) is 24.5 Å². The maximum absolute atomic E-state index is 10.2. The third-order valence-corrected chi connectivity index (χ3v) is 4.37. The van der Waals surface area contributed by atoms with Crippen LogP contribution >= 0.6 is 0 Å². The molecule has 0 amide bonds. The van der Waals surface area contributed by atoms with Gasteiger partial charge in [0.05, 0.1) is 0 Å². The Morgan fingerprint density at radius 2 is 2.12 bits per heavy atom. The first-order valence-electron chi connectivity index (χ1n) is 8.55. The van der Waals surface area contributed by atoms with Crippen molar-refractivity contribution in [3.05, 3.63) is 54.5 Å².